The van der Waals surface area contributed by atoms with E-state index in [-0.39, 0.29) is 12.3 Å². The van der Waals surface area contributed by atoms with Gasteiger partial charge >= 0.3 is 0 Å². The van der Waals surface area contributed by atoms with Crippen LogP contribution in [0.2, 0.25) is 0 Å². The third-order valence-corrected chi connectivity index (χ3v) is 2.78. The summed E-state index contributed by atoms with van der Waals surface area (Å²) in [5.41, 5.74) is 2.29. The maximum absolute atomic E-state index is 10.8. The molecule has 2 aromatic rings. The molecule has 0 saturated carbocycles. The standard InChI is InChI=1S/C12H14N4O3/c1-9-4-5-11(16(18)19)7-12(9)15-8-10(13-14-15)3-2-6-17/h4-5,7-8,17H,2-3,6H2,1H3. The molecule has 0 fully saturated rings. The monoisotopic (exact) mass is 262 g/mol. The number of aliphatic hydroxyl groups excluding tert-OH is 1. The van der Waals surface area contributed by atoms with E-state index in [4.69, 9.17) is 5.11 Å². The van der Waals surface area contributed by atoms with E-state index in [2.05, 4.69) is 10.3 Å². The summed E-state index contributed by atoms with van der Waals surface area (Å²) in [7, 11) is 0. The number of nitrogens with zero attached hydrogens (tertiary/aromatic N) is 4. The quantitative estimate of drug-likeness (QED) is 0.649. The maximum Gasteiger partial charge on any atom is 0.271 e. The normalized spacial score (nSPS) is 10.6. The van der Waals surface area contributed by atoms with Crippen molar-refractivity contribution < 1.29 is 10.0 Å². The molecule has 0 aliphatic carbocycles. The van der Waals surface area contributed by atoms with Crippen LogP contribution in [0.25, 0.3) is 5.69 Å². The summed E-state index contributed by atoms with van der Waals surface area (Å²) in [6.45, 7) is 1.96. The number of nitro groups is 1. The topological polar surface area (TPSA) is 94.1 Å². The molecule has 1 aromatic carbocycles. The second-order valence-corrected chi connectivity index (χ2v) is 4.21. The third kappa shape index (κ3) is 2.94. The number of non-ortho nitro benzene ring substituents is 1. The zero-order valence-corrected chi connectivity index (χ0v) is 10.5. The molecule has 0 radical (unpaired) electrons. The lowest BCUT2D eigenvalue weighted by atomic mass is 10.2. The SMILES string of the molecule is Cc1ccc([N+](=O)[O-])cc1-n1cc(CCCO)nn1. The minimum absolute atomic E-state index is 0.0213. The van der Waals surface area contributed by atoms with Gasteiger partial charge in [-0.1, -0.05) is 11.3 Å². The Labute approximate surface area is 109 Å². The third-order valence-electron chi connectivity index (χ3n) is 2.78. The summed E-state index contributed by atoms with van der Waals surface area (Å²) in [6.07, 6.45) is 2.97. The molecule has 7 heteroatoms. The smallest absolute Gasteiger partial charge is 0.271 e. The van der Waals surface area contributed by atoms with E-state index in [0.29, 0.717) is 18.5 Å². The van der Waals surface area contributed by atoms with Gasteiger partial charge in [-0.25, -0.2) is 4.68 Å². The summed E-state index contributed by atoms with van der Waals surface area (Å²) in [5, 5.41) is 27.5. The average Bonchev–Trinajstić information content (AvgIpc) is 2.85. The molecule has 100 valence electrons. The van der Waals surface area contributed by atoms with Gasteiger partial charge in [-0.05, 0) is 25.3 Å². The van der Waals surface area contributed by atoms with Gasteiger partial charge in [-0.2, -0.15) is 0 Å². The minimum Gasteiger partial charge on any atom is -0.396 e. The number of aliphatic hydroxyl groups is 1. The van der Waals surface area contributed by atoms with Gasteiger partial charge in [-0.15, -0.1) is 5.10 Å². The number of rotatable bonds is 5. The Morgan fingerprint density at radius 1 is 1.47 bits per heavy atom. The van der Waals surface area contributed by atoms with Crippen LogP contribution in [0.15, 0.2) is 24.4 Å². The van der Waals surface area contributed by atoms with Crippen LogP contribution in [0.3, 0.4) is 0 Å². The van der Waals surface area contributed by atoms with Crippen molar-refractivity contribution in [1.82, 2.24) is 15.0 Å². The molecule has 1 N–H and O–H groups in total. The van der Waals surface area contributed by atoms with Crippen molar-refractivity contribution in [2.75, 3.05) is 6.61 Å². The molecule has 0 aliphatic heterocycles. The van der Waals surface area contributed by atoms with Gasteiger partial charge in [0, 0.05) is 18.7 Å². The van der Waals surface area contributed by atoms with Crippen LogP contribution in [-0.2, 0) is 6.42 Å². The van der Waals surface area contributed by atoms with E-state index >= 15 is 0 Å². The highest BCUT2D eigenvalue weighted by Gasteiger charge is 2.11. The van der Waals surface area contributed by atoms with Crippen molar-refractivity contribution in [3.05, 3.63) is 45.8 Å². The number of hydrogen-bond donors (Lipinski definition) is 1. The largest absolute Gasteiger partial charge is 0.396 e. The van der Waals surface area contributed by atoms with Gasteiger partial charge in [0.1, 0.15) is 0 Å². The van der Waals surface area contributed by atoms with E-state index in [1.807, 2.05) is 6.92 Å². The number of benzene rings is 1. The average molecular weight is 262 g/mol. The molecule has 19 heavy (non-hydrogen) atoms. The molecule has 1 heterocycles. The second kappa shape index (κ2) is 5.57. The fraction of sp³-hybridized carbons (Fsp3) is 0.333. The van der Waals surface area contributed by atoms with Crippen LogP contribution >= 0.6 is 0 Å². The van der Waals surface area contributed by atoms with Crippen molar-refractivity contribution in [3.63, 3.8) is 0 Å². The predicted octanol–water partition coefficient (Wildman–Crippen LogP) is 1.41. The van der Waals surface area contributed by atoms with Gasteiger partial charge in [0.15, 0.2) is 0 Å². The molecule has 0 aliphatic rings. The zero-order valence-electron chi connectivity index (χ0n) is 10.5. The molecular weight excluding hydrogens is 248 g/mol. The number of aryl methyl sites for hydroxylation is 2. The van der Waals surface area contributed by atoms with E-state index < -0.39 is 4.92 Å². The molecule has 1 aromatic heterocycles. The Bertz CT molecular complexity index is 594. The summed E-state index contributed by atoms with van der Waals surface area (Å²) in [5.74, 6) is 0. The highest BCUT2D eigenvalue weighted by atomic mass is 16.6. The van der Waals surface area contributed by atoms with Gasteiger partial charge in [0.25, 0.3) is 5.69 Å². The summed E-state index contributed by atoms with van der Waals surface area (Å²) in [4.78, 5) is 10.3. The van der Waals surface area contributed by atoms with Gasteiger partial charge < -0.3 is 5.11 Å². The lowest BCUT2D eigenvalue weighted by Gasteiger charge is -2.04. The van der Waals surface area contributed by atoms with Gasteiger partial charge in [-0.3, -0.25) is 10.1 Å². The van der Waals surface area contributed by atoms with E-state index in [1.165, 1.54) is 16.8 Å². The molecule has 7 nitrogen and oxygen atoms in total. The number of hydrogen-bond acceptors (Lipinski definition) is 5. The molecule has 0 atom stereocenters. The number of nitro benzene ring substituents is 1. The van der Waals surface area contributed by atoms with Crippen LogP contribution in [0.5, 0.6) is 0 Å². The molecule has 0 spiro atoms. The Balaban J connectivity index is 2.32. The Morgan fingerprint density at radius 2 is 2.26 bits per heavy atom. The zero-order chi connectivity index (χ0) is 13.8. The van der Waals surface area contributed by atoms with Crippen molar-refractivity contribution >= 4 is 5.69 Å². The maximum atomic E-state index is 10.8. The Morgan fingerprint density at radius 3 is 2.95 bits per heavy atom. The molecule has 2 rings (SSSR count). The molecule has 0 amide bonds. The number of aromatic nitrogens is 3. The van der Waals surface area contributed by atoms with Crippen LogP contribution in [0, 0.1) is 17.0 Å². The fourth-order valence-electron chi connectivity index (χ4n) is 1.75. The first kappa shape index (κ1) is 13.2. The van der Waals surface area contributed by atoms with E-state index in [0.717, 1.165) is 11.3 Å². The highest BCUT2D eigenvalue weighted by Crippen LogP contribution is 2.20. The Hall–Kier alpha value is -2.28. The molecular formula is C12H14N4O3. The van der Waals surface area contributed by atoms with Crippen LogP contribution in [-0.4, -0.2) is 31.6 Å². The van der Waals surface area contributed by atoms with Crippen LogP contribution in [0.4, 0.5) is 5.69 Å². The van der Waals surface area contributed by atoms with Crippen molar-refractivity contribution in [2.45, 2.75) is 19.8 Å². The van der Waals surface area contributed by atoms with Crippen molar-refractivity contribution in [2.24, 2.45) is 0 Å². The molecule has 0 saturated heterocycles. The minimum atomic E-state index is -0.438. The first-order chi connectivity index (χ1) is 9.11. The van der Waals surface area contributed by atoms with Gasteiger partial charge in [0.2, 0.25) is 0 Å². The van der Waals surface area contributed by atoms with E-state index in [9.17, 15) is 10.1 Å². The first-order valence-electron chi connectivity index (χ1n) is 5.89. The molecule has 0 unspecified atom stereocenters. The summed E-state index contributed by atoms with van der Waals surface area (Å²) < 4.78 is 1.52. The van der Waals surface area contributed by atoms with Crippen molar-refractivity contribution in [3.8, 4) is 5.69 Å². The van der Waals surface area contributed by atoms with Gasteiger partial charge in [0.05, 0.1) is 22.5 Å². The summed E-state index contributed by atoms with van der Waals surface area (Å²) in [6, 6.07) is 4.62. The predicted molar refractivity (Wildman–Crippen MR) is 68.2 cm³/mol. The highest BCUT2D eigenvalue weighted by molar-refractivity contribution is 5.48. The Kier molecular flexibility index (Phi) is 3.86. The first-order valence-corrected chi connectivity index (χ1v) is 5.89. The van der Waals surface area contributed by atoms with Crippen LogP contribution < -0.4 is 0 Å². The van der Waals surface area contributed by atoms with Crippen molar-refractivity contribution in [1.29, 1.82) is 0 Å². The fourth-order valence-corrected chi connectivity index (χ4v) is 1.75. The second-order valence-electron chi connectivity index (χ2n) is 4.21. The lowest BCUT2D eigenvalue weighted by Crippen LogP contribution is -1.99. The van der Waals surface area contributed by atoms with Crippen LogP contribution in [0.1, 0.15) is 17.7 Å². The van der Waals surface area contributed by atoms with E-state index in [1.54, 1.807) is 12.3 Å². The summed E-state index contributed by atoms with van der Waals surface area (Å²) >= 11 is 0. The lowest BCUT2D eigenvalue weighted by molar-refractivity contribution is -0.384. The molecule has 0 bridgehead atoms.